The number of hydrogen-bond acceptors (Lipinski definition) is 5. The maximum Gasteiger partial charge on any atom is 0.331 e. The molecule has 2 heterocycles. The first-order valence-corrected chi connectivity index (χ1v) is 8.24. The second-order valence-corrected chi connectivity index (χ2v) is 6.57. The lowest BCUT2D eigenvalue weighted by Gasteiger charge is -2.33. The molecule has 0 unspecified atom stereocenters. The smallest absolute Gasteiger partial charge is 0.331 e. The molecular weight excluding hydrogens is 312 g/mol. The van der Waals surface area contributed by atoms with Gasteiger partial charge in [0.1, 0.15) is 6.54 Å². The van der Waals surface area contributed by atoms with E-state index in [-0.39, 0.29) is 18.6 Å². The molecule has 8 heteroatoms. The van der Waals surface area contributed by atoms with Crippen molar-refractivity contribution in [2.24, 2.45) is 13.0 Å². The molecular formula is C16H26N4O4. The largest absolute Gasteiger partial charge is 0.374 e. The fourth-order valence-electron chi connectivity index (χ4n) is 2.76. The van der Waals surface area contributed by atoms with Crippen LogP contribution in [0.4, 0.5) is 0 Å². The quantitative estimate of drug-likeness (QED) is 0.721. The maximum absolute atomic E-state index is 12.0. The van der Waals surface area contributed by atoms with E-state index in [0.29, 0.717) is 19.1 Å². The van der Waals surface area contributed by atoms with Gasteiger partial charge in [-0.1, -0.05) is 13.8 Å². The van der Waals surface area contributed by atoms with Crippen molar-refractivity contribution in [3.63, 3.8) is 0 Å². The van der Waals surface area contributed by atoms with Crippen LogP contribution >= 0.6 is 0 Å². The molecule has 1 N–H and O–H groups in total. The van der Waals surface area contributed by atoms with Crippen molar-refractivity contribution in [3.8, 4) is 0 Å². The van der Waals surface area contributed by atoms with Crippen molar-refractivity contribution in [3.05, 3.63) is 33.1 Å². The van der Waals surface area contributed by atoms with E-state index in [4.69, 9.17) is 4.74 Å². The fraction of sp³-hybridized carbons (Fsp3) is 0.688. The van der Waals surface area contributed by atoms with Gasteiger partial charge < -0.3 is 10.1 Å². The summed E-state index contributed by atoms with van der Waals surface area (Å²) in [5.74, 6) is 0.315. The van der Waals surface area contributed by atoms with Crippen molar-refractivity contribution in [2.45, 2.75) is 26.5 Å². The molecule has 8 nitrogen and oxygen atoms in total. The molecule has 134 valence electrons. The van der Waals surface area contributed by atoms with Gasteiger partial charge in [0, 0.05) is 45.5 Å². The van der Waals surface area contributed by atoms with Gasteiger partial charge in [-0.15, -0.1) is 0 Å². The van der Waals surface area contributed by atoms with Gasteiger partial charge in [-0.05, 0) is 5.92 Å². The minimum Gasteiger partial charge on any atom is -0.374 e. The predicted molar refractivity (Wildman–Crippen MR) is 90.0 cm³/mol. The van der Waals surface area contributed by atoms with E-state index >= 15 is 0 Å². The number of ether oxygens (including phenoxy) is 1. The van der Waals surface area contributed by atoms with Crippen LogP contribution in [0.2, 0.25) is 0 Å². The third-order valence-electron chi connectivity index (χ3n) is 3.95. The number of carbonyl (C=O) groups excluding carboxylic acids is 1. The average molecular weight is 338 g/mol. The summed E-state index contributed by atoms with van der Waals surface area (Å²) in [7, 11) is 1.39. The predicted octanol–water partition coefficient (Wildman–Crippen LogP) is -0.980. The van der Waals surface area contributed by atoms with Crippen molar-refractivity contribution in [2.75, 3.05) is 32.8 Å². The highest BCUT2D eigenvalue weighted by Crippen LogP contribution is 2.07. The van der Waals surface area contributed by atoms with E-state index in [1.54, 1.807) is 0 Å². The summed E-state index contributed by atoms with van der Waals surface area (Å²) in [5, 5.41) is 2.80. The summed E-state index contributed by atoms with van der Waals surface area (Å²) in [5.41, 5.74) is -0.896. The number of amides is 1. The monoisotopic (exact) mass is 338 g/mol. The zero-order valence-electron chi connectivity index (χ0n) is 14.5. The summed E-state index contributed by atoms with van der Waals surface area (Å²) in [6, 6.07) is 1.27. The van der Waals surface area contributed by atoms with Crippen LogP contribution in [0, 0.1) is 5.92 Å². The van der Waals surface area contributed by atoms with E-state index < -0.39 is 11.2 Å². The summed E-state index contributed by atoms with van der Waals surface area (Å²) in [6.07, 6.45) is 1.30. The molecule has 0 aromatic carbocycles. The van der Waals surface area contributed by atoms with Crippen LogP contribution in [0.1, 0.15) is 13.8 Å². The van der Waals surface area contributed by atoms with Crippen molar-refractivity contribution in [1.82, 2.24) is 19.4 Å². The number of nitrogens with one attached hydrogen (secondary N) is 1. The molecule has 1 aliphatic heterocycles. The Morgan fingerprint density at radius 2 is 2.17 bits per heavy atom. The van der Waals surface area contributed by atoms with Crippen LogP contribution < -0.4 is 16.6 Å². The Morgan fingerprint density at radius 1 is 1.42 bits per heavy atom. The summed E-state index contributed by atoms with van der Waals surface area (Å²) in [6.45, 7) is 8.03. The SMILES string of the molecule is CC(C)CN1CCO[C@@H](CNC(=O)Cn2ccc(=O)n(C)c2=O)C1. The third kappa shape index (κ3) is 5.04. The molecule has 1 aromatic rings. The molecule has 24 heavy (non-hydrogen) atoms. The van der Waals surface area contributed by atoms with Crippen LogP contribution in [0.15, 0.2) is 21.9 Å². The molecule has 1 aliphatic rings. The normalized spacial score (nSPS) is 18.8. The van der Waals surface area contributed by atoms with E-state index in [2.05, 4.69) is 24.1 Å². The van der Waals surface area contributed by atoms with Crippen molar-refractivity contribution >= 4 is 5.91 Å². The maximum atomic E-state index is 12.0. The Hall–Kier alpha value is -1.93. The Bertz CT molecular complexity index is 679. The van der Waals surface area contributed by atoms with Gasteiger partial charge in [0.25, 0.3) is 5.56 Å². The van der Waals surface area contributed by atoms with Crippen molar-refractivity contribution < 1.29 is 9.53 Å². The fourth-order valence-corrected chi connectivity index (χ4v) is 2.76. The summed E-state index contributed by atoms with van der Waals surface area (Å²) < 4.78 is 7.86. The lowest BCUT2D eigenvalue weighted by atomic mass is 10.2. The second kappa shape index (κ2) is 8.25. The minimum absolute atomic E-state index is 0.0432. The lowest BCUT2D eigenvalue weighted by Crippen LogP contribution is -2.49. The average Bonchev–Trinajstić information content (AvgIpc) is 2.53. The number of rotatable bonds is 6. The van der Waals surface area contributed by atoms with Crippen molar-refractivity contribution in [1.29, 1.82) is 0 Å². The highest BCUT2D eigenvalue weighted by Gasteiger charge is 2.21. The minimum atomic E-state index is -0.505. The molecule has 0 bridgehead atoms. The first-order valence-electron chi connectivity index (χ1n) is 8.24. The van der Waals surface area contributed by atoms with Gasteiger partial charge in [0.2, 0.25) is 5.91 Å². The molecule has 0 radical (unpaired) electrons. The molecule has 1 aromatic heterocycles. The van der Waals surface area contributed by atoms with Crippen LogP contribution in [-0.2, 0) is 23.1 Å². The lowest BCUT2D eigenvalue weighted by molar-refractivity contribution is -0.123. The van der Waals surface area contributed by atoms with Gasteiger partial charge in [-0.25, -0.2) is 4.79 Å². The van der Waals surface area contributed by atoms with Gasteiger partial charge >= 0.3 is 5.69 Å². The van der Waals surface area contributed by atoms with E-state index in [9.17, 15) is 14.4 Å². The molecule has 2 rings (SSSR count). The number of aromatic nitrogens is 2. The molecule has 1 saturated heterocycles. The highest BCUT2D eigenvalue weighted by molar-refractivity contribution is 5.75. The van der Waals surface area contributed by atoms with Crippen LogP contribution in [0.25, 0.3) is 0 Å². The van der Waals surface area contributed by atoms with Gasteiger partial charge in [-0.3, -0.25) is 23.6 Å². The molecule has 1 fully saturated rings. The zero-order chi connectivity index (χ0) is 17.7. The number of morpholine rings is 1. The van der Waals surface area contributed by atoms with Gasteiger partial charge in [0.15, 0.2) is 0 Å². The second-order valence-electron chi connectivity index (χ2n) is 6.57. The third-order valence-corrected chi connectivity index (χ3v) is 3.95. The first kappa shape index (κ1) is 18.4. The Balaban J connectivity index is 1.84. The first-order chi connectivity index (χ1) is 11.4. The van der Waals surface area contributed by atoms with Gasteiger partial charge in [0.05, 0.1) is 12.7 Å². The van der Waals surface area contributed by atoms with E-state index in [1.807, 2.05) is 0 Å². The van der Waals surface area contributed by atoms with Crippen LogP contribution in [0.5, 0.6) is 0 Å². The zero-order valence-corrected chi connectivity index (χ0v) is 14.5. The van der Waals surface area contributed by atoms with Crippen LogP contribution in [0.3, 0.4) is 0 Å². The number of nitrogens with zero attached hydrogens (tertiary/aromatic N) is 3. The molecule has 1 amide bonds. The number of hydrogen-bond donors (Lipinski definition) is 1. The topological polar surface area (TPSA) is 85.6 Å². The Morgan fingerprint density at radius 3 is 2.88 bits per heavy atom. The summed E-state index contributed by atoms with van der Waals surface area (Å²) in [4.78, 5) is 37.6. The van der Waals surface area contributed by atoms with Crippen LogP contribution in [-0.4, -0.2) is 58.8 Å². The Kier molecular flexibility index (Phi) is 6.33. The highest BCUT2D eigenvalue weighted by atomic mass is 16.5. The summed E-state index contributed by atoms with van der Waals surface area (Å²) >= 11 is 0. The van der Waals surface area contributed by atoms with E-state index in [0.717, 1.165) is 24.2 Å². The molecule has 0 saturated carbocycles. The van der Waals surface area contributed by atoms with Gasteiger partial charge in [-0.2, -0.15) is 0 Å². The molecule has 1 atom stereocenters. The van der Waals surface area contributed by atoms with E-state index in [1.165, 1.54) is 23.9 Å². The number of carbonyl (C=O) groups is 1. The standard InChI is InChI=1S/C16H26N4O4/c1-12(2)9-19-6-7-24-13(10-19)8-17-14(21)11-20-5-4-15(22)18(3)16(20)23/h4-5,12-13H,6-11H2,1-3H3,(H,17,21)/t13-/m0/s1. The molecule has 0 spiro atoms. The molecule has 0 aliphatic carbocycles. The Labute approximate surface area is 141 Å².